The van der Waals surface area contributed by atoms with E-state index < -0.39 is 0 Å². The number of unbranched alkanes of at least 4 members (excludes halogenated alkanes) is 1. The van der Waals surface area contributed by atoms with Crippen LogP contribution < -0.4 is 5.32 Å². The molecule has 2 heterocycles. The SMILES string of the molecule is CCCCNC(=O)N1CCCC(c2nc(-c3cccc(C)c3)no2)C1. The molecule has 1 fully saturated rings. The van der Waals surface area contributed by atoms with Crippen molar-refractivity contribution in [3.63, 3.8) is 0 Å². The molecule has 0 spiro atoms. The largest absolute Gasteiger partial charge is 0.339 e. The highest BCUT2D eigenvalue weighted by molar-refractivity contribution is 5.74. The number of hydrogen-bond donors (Lipinski definition) is 1. The zero-order valence-electron chi connectivity index (χ0n) is 15.0. The molecule has 134 valence electrons. The maximum absolute atomic E-state index is 12.3. The molecule has 6 nitrogen and oxygen atoms in total. The highest BCUT2D eigenvalue weighted by Gasteiger charge is 2.28. The number of carbonyl (C=O) groups is 1. The van der Waals surface area contributed by atoms with E-state index in [0.29, 0.717) is 18.3 Å². The molecule has 0 aliphatic carbocycles. The van der Waals surface area contributed by atoms with E-state index in [1.54, 1.807) is 0 Å². The van der Waals surface area contributed by atoms with Crippen molar-refractivity contribution in [2.24, 2.45) is 0 Å². The van der Waals surface area contributed by atoms with Crippen molar-refractivity contribution in [1.29, 1.82) is 0 Å². The first-order valence-corrected chi connectivity index (χ1v) is 9.10. The number of amides is 2. The molecule has 1 atom stereocenters. The molecule has 0 radical (unpaired) electrons. The minimum atomic E-state index is 0.0107. The second-order valence-electron chi connectivity index (χ2n) is 6.70. The van der Waals surface area contributed by atoms with E-state index in [0.717, 1.165) is 49.9 Å². The van der Waals surface area contributed by atoms with Gasteiger partial charge in [0.15, 0.2) is 0 Å². The lowest BCUT2D eigenvalue weighted by atomic mass is 9.98. The van der Waals surface area contributed by atoms with Crippen molar-refractivity contribution < 1.29 is 9.32 Å². The molecule has 1 saturated heterocycles. The standard InChI is InChI=1S/C19H26N4O2/c1-3-4-10-20-19(24)23-11-6-9-16(13-23)18-21-17(22-25-18)15-8-5-7-14(2)12-15/h5,7-8,12,16H,3-4,6,9-11,13H2,1-2H3,(H,20,24). The fourth-order valence-corrected chi connectivity index (χ4v) is 3.15. The number of piperidine rings is 1. The van der Waals surface area contributed by atoms with Crippen molar-refractivity contribution in [2.75, 3.05) is 19.6 Å². The molecule has 0 saturated carbocycles. The van der Waals surface area contributed by atoms with Crippen LogP contribution in [0.3, 0.4) is 0 Å². The third kappa shape index (κ3) is 4.38. The summed E-state index contributed by atoms with van der Waals surface area (Å²) in [5, 5.41) is 7.11. The van der Waals surface area contributed by atoms with Crippen LogP contribution in [0, 0.1) is 6.92 Å². The van der Waals surface area contributed by atoms with Crippen LogP contribution >= 0.6 is 0 Å². The highest BCUT2D eigenvalue weighted by atomic mass is 16.5. The summed E-state index contributed by atoms with van der Waals surface area (Å²) in [4.78, 5) is 18.7. The van der Waals surface area contributed by atoms with Gasteiger partial charge in [-0.3, -0.25) is 0 Å². The molecule has 25 heavy (non-hydrogen) atoms. The lowest BCUT2D eigenvalue weighted by Crippen LogP contribution is -2.45. The van der Waals surface area contributed by atoms with Crippen molar-refractivity contribution in [1.82, 2.24) is 20.4 Å². The zero-order valence-corrected chi connectivity index (χ0v) is 15.0. The van der Waals surface area contributed by atoms with Gasteiger partial charge in [0, 0.05) is 25.2 Å². The maximum Gasteiger partial charge on any atom is 0.317 e. The first kappa shape index (κ1) is 17.5. The Kier molecular flexibility index (Phi) is 5.68. The van der Waals surface area contributed by atoms with Gasteiger partial charge in [-0.25, -0.2) is 4.79 Å². The molecular weight excluding hydrogens is 316 g/mol. The predicted molar refractivity (Wildman–Crippen MR) is 96.3 cm³/mol. The molecule has 2 amide bonds. The summed E-state index contributed by atoms with van der Waals surface area (Å²) in [6.45, 7) is 6.31. The molecule has 1 aliphatic rings. The number of aromatic nitrogens is 2. The monoisotopic (exact) mass is 342 g/mol. The summed E-state index contributed by atoms with van der Waals surface area (Å²) < 4.78 is 5.51. The summed E-state index contributed by atoms with van der Waals surface area (Å²) in [5.41, 5.74) is 2.12. The van der Waals surface area contributed by atoms with Gasteiger partial charge < -0.3 is 14.7 Å². The number of nitrogens with zero attached hydrogens (tertiary/aromatic N) is 3. The maximum atomic E-state index is 12.3. The summed E-state index contributed by atoms with van der Waals surface area (Å²) >= 11 is 0. The Morgan fingerprint density at radius 3 is 3.12 bits per heavy atom. The molecule has 1 aromatic heterocycles. The highest BCUT2D eigenvalue weighted by Crippen LogP contribution is 2.27. The topological polar surface area (TPSA) is 71.3 Å². The van der Waals surface area contributed by atoms with Crippen molar-refractivity contribution in [2.45, 2.75) is 45.4 Å². The number of nitrogens with one attached hydrogen (secondary N) is 1. The minimum absolute atomic E-state index is 0.0107. The molecule has 0 bridgehead atoms. The van der Waals surface area contributed by atoms with E-state index in [1.165, 1.54) is 0 Å². The molecular formula is C19H26N4O2. The third-order valence-corrected chi connectivity index (χ3v) is 4.58. The molecule has 1 aromatic carbocycles. The van der Waals surface area contributed by atoms with Gasteiger partial charge in [0.2, 0.25) is 11.7 Å². The second kappa shape index (κ2) is 8.14. The number of hydrogen-bond acceptors (Lipinski definition) is 4. The molecule has 1 N–H and O–H groups in total. The van der Waals surface area contributed by atoms with Gasteiger partial charge in [0.1, 0.15) is 0 Å². The van der Waals surface area contributed by atoms with E-state index in [9.17, 15) is 4.79 Å². The summed E-state index contributed by atoms with van der Waals surface area (Å²) in [6, 6.07) is 8.07. The summed E-state index contributed by atoms with van der Waals surface area (Å²) in [7, 11) is 0. The van der Waals surface area contributed by atoms with Gasteiger partial charge in [-0.05, 0) is 32.3 Å². The molecule has 3 rings (SSSR count). The number of rotatable bonds is 5. The van der Waals surface area contributed by atoms with Crippen molar-refractivity contribution >= 4 is 6.03 Å². The van der Waals surface area contributed by atoms with E-state index in [-0.39, 0.29) is 11.9 Å². The van der Waals surface area contributed by atoms with Crippen molar-refractivity contribution in [3.8, 4) is 11.4 Å². The zero-order chi connectivity index (χ0) is 17.6. The first-order valence-electron chi connectivity index (χ1n) is 9.10. The minimum Gasteiger partial charge on any atom is -0.339 e. The van der Waals surface area contributed by atoms with Crippen LogP contribution in [0.2, 0.25) is 0 Å². The quantitative estimate of drug-likeness (QED) is 0.840. The molecule has 1 aliphatic heterocycles. The van der Waals surface area contributed by atoms with Crippen molar-refractivity contribution in [3.05, 3.63) is 35.7 Å². The van der Waals surface area contributed by atoms with Gasteiger partial charge in [0.05, 0.1) is 5.92 Å². The predicted octanol–water partition coefficient (Wildman–Crippen LogP) is 3.73. The van der Waals surface area contributed by atoms with Crippen LogP contribution in [0.25, 0.3) is 11.4 Å². The Morgan fingerprint density at radius 1 is 1.44 bits per heavy atom. The Morgan fingerprint density at radius 2 is 2.32 bits per heavy atom. The van der Waals surface area contributed by atoms with E-state index in [4.69, 9.17) is 4.52 Å². The summed E-state index contributed by atoms with van der Waals surface area (Å²) in [6.07, 6.45) is 4.00. The number of benzene rings is 1. The Bertz CT molecular complexity index is 713. The Hall–Kier alpha value is -2.37. The third-order valence-electron chi connectivity index (χ3n) is 4.58. The Balaban J connectivity index is 1.65. The fraction of sp³-hybridized carbons (Fsp3) is 0.526. The molecule has 2 aromatic rings. The number of aryl methyl sites for hydroxylation is 1. The number of urea groups is 1. The average molecular weight is 342 g/mol. The van der Waals surface area contributed by atoms with Crippen LogP contribution in [-0.4, -0.2) is 40.7 Å². The van der Waals surface area contributed by atoms with Crippen LogP contribution in [0.15, 0.2) is 28.8 Å². The van der Waals surface area contributed by atoms with Gasteiger partial charge >= 0.3 is 6.03 Å². The Labute approximate surface area is 148 Å². The lowest BCUT2D eigenvalue weighted by molar-refractivity contribution is 0.172. The normalized spacial score (nSPS) is 17.5. The molecule has 1 unspecified atom stereocenters. The molecule has 6 heteroatoms. The summed E-state index contributed by atoms with van der Waals surface area (Å²) in [5.74, 6) is 1.35. The fourth-order valence-electron chi connectivity index (χ4n) is 3.15. The van der Waals surface area contributed by atoms with E-state index >= 15 is 0 Å². The number of carbonyl (C=O) groups excluding carboxylic acids is 1. The lowest BCUT2D eigenvalue weighted by Gasteiger charge is -2.31. The van der Waals surface area contributed by atoms with E-state index in [1.807, 2.05) is 36.1 Å². The van der Waals surface area contributed by atoms with Crippen LogP contribution in [-0.2, 0) is 0 Å². The van der Waals surface area contributed by atoms with Gasteiger partial charge in [-0.15, -0.1) is 0 Å². The second-order valence-corrected chi connectivity index (χ2v) is 6.70. The van der Waals surface area contributed by atoms with Gasteiger partial charge in [0.25, 0.3) is 0 Å². The number of likely N-dealkylation sites (tertiary alicyclic amines) is 1. The van der Waals surface area contributed by atoms with E-state index in [2.05, 4.69) is 22.4 Å². The van der Waals surface area contributed by atoms with Crippen LogP contribution in [0.1, 0.15) is 50.0 Å². The van der Waals surface area contributed by atoms with Gasteiger partial charge in [-0.1, -0.05) is 42.3 Å². The first-order chi connectivity index (χ1) is 12.2. The average Bonchev–Trinajstić information content (AvgIpc) is 3.12. The van der Waals surface area contributed by atoms with Gasteiger partial charge in [-0.2, -0.15) is 4.98 Å². The van der Waals surface area contributed by atoms with Crippen LogP contribution in [0.5, 0.6) is 0 Å². The van der Waals surface area contributed by atoms with Crippen LogP contribution in [0.4, 0.5) is 4.79 Å². The smallest absolute Gasteiger partial charge is 0.317 e.